The number of carbonyl (C=O) groups is 1. The van der Waals surface area contributed by atoms with Gasteiger partial charge in [-0.3, -0.25) is 4.79 Å². The lowest BCUT2D eigenvalue weighted by Gasteiger charge is -2.08. The van der Waals surface area contributed by atoms with Crippen molar-refractivity contribution < 1.29 is 14.3 Å². The summed E-state index contributed by atoms with van der Waals surface area (Å²) in [6, 6.07) is 5.61. The van der Waals surface area contributed by atoms with Crippen LogP contribution in [-0.2, 0) is 9.53 Å². The third-order valence-corrected chi connectivity index (χ3v) is 3.10. The van der Waals surface area contributed by atoms with E-state index in [-0.39, 0.29) is 5.78 Å². The van der Waals surface area contributed by atoms with Crippen LogP contribution in [0, 0.1) is 6.92 Å². The average molecular weight is 259 g/mol. The summed E-state index contributed by atoms with van der Waals surface area (Å²) in [7, 11) is 3.35. The number of ketones is 1. The zero-order valence-electron chi connectivity index (χ0n) is 11.3. The van der Waals surface area contributed by atoms with E-state index in [1.165, 1.54) is 6.08 Å². The molecule has 0 spiro atoms. The van der Waals surface area contributed by atoms with Gasteiger partial charge in [0.2, 0.25) is 5.78 Å². The Morgan fingerprint density at radius 2 is 2.21 bits per heavy atom. The number of Topliss-reactive ketones (excluding diaryl/α,β-unsaturated/α-hetero) is 1. The molecule has 1 atom stereocenters. The molecule has 100 valence electrons. The first-order chi connectivity index (χ1) is 9.12. The molecule has 1 aliphatic rings. The minimum absolute atomic E-state index is 0.0797. The minimum Gasteiger partial charge on any atom is -0.496 e. The maximum absolute atomic E-state index is 12.2. The van der Waals surface area contributed by atoms with Crippen LogP contribution >= 0.6 is 0 Å². The monoisotopic (exact) mass is 259 g/mol. The molecule has 0 aliphatic carbocycles. The molecule has 0 fully saturated rings. The predicted molar refractivity (Wildman–Crippen MR) is 73.8 cm³/mol. The van der Waals surface area contributed by atoms with Gasteiger partial charge in [-0.1, -0.05) is 12.6 Å². The third-order valence-electron chi connectivity index (χ3n) is 3.10. The molecule has 0 aromatic heterocycles. The van der Waals surface area contributed by atoms with E-state index >= 15 is 0 Å². The van der Waals surface area contributed by atoms with E-state index in [0.717, 1.165) is 16.9 Å². The van der Waals surface area contributed by atoms with Gasteiger partial charge in [0.05, 0.1) is 12.7 Å². The van der Waals surface area contributed by atoms with Crippen LogP contribution in [0.25, 0.3) is 5.57 Å². The first kappa shape index (κ1) is 13.2. The highest BCUT2D eigenvalue weighted by Crippen LogP contribution is 2.31. The van der Waals surface area contributed by atoms with Crippen molar-refractivity contribution in [3.63, 3.8) is 0 Å². The summed E-state index contributed by atoms with van der Waals surface area (Å²) in [5, 5.41) is 2.91. The molecule has 1 heterocycles. The number of hydrogen-bond donors (Lipinski definition) is 1. The first-order valence-corrected chi connectivity index (χ1v) is 6.02. The van der Waals surface area contributed by atoms with Crippen LogP contribution in [0.2, 0.25) is 0 Å². The van der Waals surface area contributed by atoms with Gasteiger partial charge < -0.3 is 14.8 Å². The fourth-order valence-corrected chi connectivity index (χ4v) is 2.14. The van der Waals surface area contributed by atoms with Crippen LogP contribution < -0.4 is 10.1 Å². The van der Waals surface area contributed by atoms with Crippen LogP contribution in [0.1, 0.15) is 11.1 Å². The SMILES string of the molecule is C=CC1OC(NC)=C(c2ccc(OC)c(C)c2)C1=O. The maximum Gasteiger partial charge on any atom is 0.213 e. The summed E-state index contributed by atoms with van der Waals surface area (Å²) >= 11 is 0. The summed E-state index contributed by atoms with van der Waals surface area (Å²) < 4.78 is 10.7. The molecule has 0 saturated carbocycles. The Kier molecular flexibility index (Phi) is 3.60. The van der Waals surface area contributed by atoms with Crippen molar-refractivity contribution in [1.29, 1.82) is 0 Å². The van der Waals surface area contributed by atoms with Gasteiger partial charge in [-0.05, 0) is 36.3 Å². The van der Waals surface area contributed by atoms with Crippen molar-refractivity contribution in [2.75, 3.05) is 14.2 Å². The van der Waals surface area contributed by atoms with E-state index in [9.17, 15) is 4.79 Å². The Labute approximate surface area is 112 Å². The average Bonchev–Trinajstić information content (AvgIpc) is 2.74. The van der Waals surface area contributed by atoms with Crippen LogP contribution in [0.4, 0.5) is 0 Å². The Bertz CT molecular complexity index is 561. The van der Waals surface area contributed by atoms with Crippen LogP contribution in [0.5, 0.6) is 5.75 Å². The molecular formula is C15H17NO3. The molecule has 2 rings (SSSR count). The summed E-state index contributed by atoms with van der Waals surface area (Å²) in [5.41, 5.74) is 2.34. The zero-order chi connectivity index (χ0) is 14.0. The number of hydrogen-bond acceptors (Lipinski definition) is 4. The van der Waals surface area contributed by atoms with Gasteiger partial charge in [-0.25, -0.2) is 0 Å². The molecule has 1 aliphatic heterocycles. The third kappa shape index (κ3) is 2.21. The number of ether oxygens (including phenoxy) is 2. The molecule has 0 amide bonds. The van der Waals surface area contributed by atoms with Crippen molar-refractivity contribution in [3.05, 3.63) is 47.9 Å². The van der Waals surface area contributed by atoms with Crippen molar-refractivity contribution in [2.45, 2.75) is 13.0 Å². The topological polar surface area (TPSA) is 47.6 Å². The second-order valence-electron chi connectivity index (χ2n) is 4.28. The van der Waals surface area contributed by atoms with Gasteiger partial charge in [0.25, 0.3) is 0 Å². The largest absolute Gasteiger partial charge is 0.496 e. The summed E-state index contributed by atoms with van der Waals surface area (Å²) in [6.45, 7) is 5.55. The quantitative estimate of drug-likeness (QED) is 0.841. The Morgan fingerprint density at radius 1 is 1.47 bits per heavy atom. The van der Waals surface area contributed by atoms with E-state index in [0.29, 0.717) is 11.5 Å². The van der Waals surface area contributed by atoms with E-state index in [2.05, 4.69) is 11.9 Å². The van der Waals surface area contributed by atoms with Gasteiger partial charge in [-0.15, -0.1) is 0 Å². The van der Waals surface area contributed by atoms with Crippen molar-refractivity contribution in [1.82, 2.24) is 5.32 Å². The highest BCUT2D eigenvalue weighted by Gasteiger charge is 2.33. The lowest BCUT2D eigenvalue weighted by atomic mass is 9.98. The predicted octanol–water partition coefficient (Wildman–Crippen LogP) is 2.05. The van der Waals surface area contributed by atoms with Crippen LogP contribution in [-0.4, -0.2) is 26.0 Å². The molecule has 1 N–H and O–H groups in total. The number of methoxy groups -OCH3 is 1. The smallest absolute Gasteiger partial charge is 0.213 e. The molecule has 4 heteroatoms. The van der Waals surface area contributed by atoms with Gasteiger partial charge >= 0.3 is 0 Å². The minimum atomic E-state index is -0.611. The van der Waals surface area contributed by atoms with Gasteiger partial charge in [-0.2, -0.15) is 0 Å². The second kappa shape index (κ2) is 5.18. The van der Waals surface area contributed by atoms with E-state index in [1.807, 2.05) is 25.1 Å². The lowest BCUT2D eigenvalue weighted by Crippen LogP contribution is -2.15. The molecule has 1 unspecified atom stereocenters. The molecular weight excluding hydrogens is 242 g/mol. The summed E-state index contributed by atoms with van der Waals surface area (Å²) in [6.07, 6.45) is 0.892. The van der Waals surface area contributed by atoms with Crippen molar-refractivity contribution in [3.8, 4) is 5.75 Å². The van der Waals surface area contributed by atoms with Crippen molar-refractivity contribution >= 4 is 11.4 Å². The Balaban J connectivity index is 2.47. The zero-order valence-corrected chi connectivity index (χ0v) is 11.3. The van der Waals surface area contributed by atoms with Crippen molar-refractivity contribution in [2.24, 2.45) is 0 Å². The fourth-order valence-electron chi connectivity index (χ4n) is 2.14. The standard InChI is InChI=1S/C15H17NO3/c1-5-11-14(17)13(15(16-3)19-11)10-6-7-12(18-4)9(2)8-10/h5-8,11,16H,1H2,2-4H3. The molecule has 0 saturated heterocycles. The van der Waals surface area contributed by atoms with Gasteiger partial charge in [0, 0.05) is 7.05 Å². The Hall–Kier alpha value is -2.23. The fraction of sp³-hybridized carbons (Fsp3) is 0.267. The summed E-state index contributed by atoms with van der Waals surface area (Å²) in [4.78, 5) is 12.2. The van der Waals surface area contributed by atoms with Crippen LogP contribution in [0.15, 0.2) is 36.7 Å². The molecule has 1 aromatic rings. The highest BCUT2D eigenvalue weighted by molar-refractivity contribution is 6.25. The first-order valence-electron chi connectivity index (χ1n) is 6.02. The number of benzene rings is 1. The van der Waals surface area contributed by atoms with Gasteiger partial charge in [0.15, 0.2) is 12.0 Å². The lowest BCUT2D eigenvalue weighted by molar-refractivity contribution is -0.118. The van der Waals surface area contributed by atoms with E-state index < -0.39 is 6.10 Å². The number of aryl methyl sites for hydroxylation is 1. The highest BCUT2D eigenvalue weighted by atomic mass is 16.5. The van der Waals surface area contributed by atoms with E-state index in [1.54, 1.807) is 14.2 Å². The molecule has 4 nitrogen and oxygen atoms in total. The van der Waals surface area contributed by atoms with Gasteiger partial charge in [0.1, 0.15) is 5.75 Å². The number of nitrogens with one attached hydrogen (secondary N) is 1. The summed E-state index contributed by atoms with van der Waals surface area (Å²) in [5.74, 6) is 1.20. The maximum atomic E-state index is 12.2. The Morgan fingerprint density at radius 3 is 2.74 bits per heavy atom. The number of carbonyl (C=O) groups excluding carboxylic acids is 1. The molecule has 19 heavy (non-hydrogen) atoms. The normalized spacial score (nSPS) is 18.3. The number of rotatable bonds is 4. The molecule has 0 bridgehead atoms. The second-order valence-corrected chi connectivity index (χ2v) is 4.28. The molecule has 1 aromatic carbocycles. The van der Waals surface area contributed by atoms with Crippen LogP contribution in [0.3, 0.4) is 0 Å². The van der Waals surface area contributed by atoms with E-state index in [4.69, 9.17) is 9.47 Å². The molecule has 0 radical (unpaired) electrons.